The summed E-state index contributed by atoms with van der Waals surface area (Å²) in [4.78, 5) is 69.2. The van der Waals surface area contributed by atoms with E-state index < -0.39 is 76.1 Å². The molecule has 2 aliphatic carbocycles. The Bertz CT molecular complexity index is 2110. The lowest BCUT2D eigenvalue weighted by Crippen LogP contribution is -2.57. The van der Waals surface area contributed by atoms with Gasteiger partial charge in [-0.25, -0.2) is 9.37 Å². The third-order valence-corrected chi connectivity index (χ3v) is 12.5. The Morgan fingerprint density at radius 3 is 2.53 bits per heavy atom. The quantitative estimate of drug-likeness (QED) is 0.191. The van der Waals surface area contributed by atoms with Crippen molar-refractivity contribution in [3.63, 3.8) is 0 Å². The van der Waals surface area contributed by atoms with Gasteiger partial charge in [-0.05, 0) is 61.8 Å². The molecule has 4 amide bonds. The molecule has 2 saturated heterocycles. The minimum absolute atomic E-state index is 0.0137. The Kier molecular flexibility index (Phi) is 11.6. The second-order valence-corrected chi connectivity index (χ2v) is 17.7. The molecule has 4 heterocycles. The number of likely N-dealkylation sites (tertiary alicyclic amines) is 2. The highest BCUT2D eigenvalue weighted by atomic mass is 32.2. The van der Waals surface area contributed by atoms with Crippen LogP contribution < -0.4 is 14.8 Å². The number of hydrogen-bond donors (Lipinski definition) is 1. The van der Waals surface area contributed by atoms with Crippen LogP contribution in [-0.4, -0.2) is 113 Å². The van der Waals surface area contributed by atoms with Crippen LogP contribution in [0.5, 0.6) is 11.5 Å². The number of amides is 4. The molecular weight excluding hydrogens is 768 g/mol. The first-order chi connectivity index (χ1) is 27.6. The minimum atomic E-state index is -2.85. The standard InChI is InChI=1S/C42H51FN6O8S/c1-6-25-22-42(25,40(53)49(58(54)55)27-12-13-27)46-38(51)35-19-29(24-48(35)39(52)31(41(2,3)4)20-37(50)47-17-9-10-26(43)23-47)57-36-21-34(32-11-7-8-16-44-32)45-33-18-28(56-5)14-15-30(33)36/h6-8,11,14-16,18,21,25-27,29,31,35H,1,9-10,12-13,17,19-20,22-24H2,2-5H3,(H,46,51)(H,54,55)/p-1/t25?,26?,29-,31-,35+,42-/m1/s1. The molecule has 7 atom stereocenters. The number of carbonyl (C=O) groups is 4. The fraction of sp³-hybridized carbons (Fsp3) is 0.524. The van der Waals surface area contributed by atoms with Crippen LogP contribution in [0.2, 0.25) is 0 Å². The van der Waals surface area contributed by atoms with Gasteiger partial charge in [0.25, 0.3) is 5.91 Å². The Balaban J connectivity index is 1.22. The van der Waals surface area contributed by atoms with Crippen LogP contribution >= 0.6 is 0 Å². The van der Waals surface area contributed by atoms with Crippen molar-refractivity contribution in [3.8, 4) is 22.9 Å². The van der Waals surface area contributed by atoms with Gasteiger partial charge in [-0.15, -0.1) is 6.58 Å². The van der Waals surface area contributed by atoms with Gasteiger partial charge in [0.15, 0.2) is 0 Å². The summed E-state index contributed by atoms with van der Waals surface area (Å²) in [6.07, 6.45) is 3.22. The summed E-state index contributed by atoms with van der Waals surface area (Å²) < 4.78 is 51.9. The predicted octanol–water partition coefficient (Wildman–Crippen LogP) is 4.51. The van der Waals surface area contributed by atoms with Gasteiger partial charge in [0.05, 0.1) is 54.3 Å². The number of nitrogens with one attached hydrogen (secondary N) is 1. The molecule has 2 aliphatic heterocycles. The highest BCUT2D eigenvalue weighted by Gasteiger charge is 2.63. The molecule has 0 radical (unpaired) electrons. The number of aromatic nitrogens is 2. The number of halogens is 1. The van der Waals surface area contributed by atoms with Gasteiger partial charge < -0.3 is 29.1 Å². The maximum Gasteiger partial charge on any atom is 0.260 e. The zero-order valence-electron chi connectivity index (χ0n) is 33.2. The monoisotopic (exact) mass is 817 g/mol. The third kappa shape index (κ3) is 8.44. The summed E-state index contributed by atoms with van der Waals surface area (Å²) in [7, 11) is 1.55. The van der Waals surface area contributed by atoms with Crippen LogP contribution in [0.3, 0.4) is 0 Å². The number of hydrogen-bond acceptors (Lipinski definition) is 10. The number of nitrogens with zero attached hydrogens (tertiary/aromatic N) is 5. The second kappa shape index (κ2) is 16.4. The van der Waals surface area contributed by atoms with Crippen molar-refractivity contribution in [2.24, 2.45) is 17.3 Å². The SMILES string of the molecule is C=CC1C[C@]1(NC(=O)[C@@H]1C[C@@H](Oc2cc(-c3ccccn3)nc3cc(OC)ccc23)CN1C(=O)[C@@H](CC(=O)N1CCCC(F)C1)C(C)(C)C)C(=O)N(C1CC1)S(=O)[O-]. The molecule has 2 saturated carbocycles. The van der Waals surface area contributed by atoms with E-state index >= 15 is 0 Å². The Morgan fingerprint density at radius 2 is 1.91 bits per heavy atom. The lowest BCUT2D eigenvalue weighted by molar-refractivity contribution is -0.149. The van der Waals surface area contributed by atoms with Crippen molar-refractivity contribution in [3.05, 3.63) is 61.3 Å². The van der Waals surface area contributed by atoms with E-state index in [0.717, 1.165) is 4.31 Å². The van der Waals surface area contributed by atoms with E-state index in [2.05, 4.69) is 16.9 Å². The van der Waals surface area contributed by atoms with E-state index in [1.807, 2.05) is 39.0 Å². The van der Waals surface area contributed by atoms with Crippen molar-refractivity contribution in [2.45, 2.75) is 95.6 Å². The molecule has 16 heteroatoms. The van der Waals surface area contributed by atoms with Crippen LogP contribution in [0.4, 0.5) is 4.39 Å². The van der Waals surface area contributed by atoms with Crippen LogP contribution in [-0.2, 0) is 30.4 Å². The summed E-state index contributed by atoms with van der Waals surface area (Å²) in [5.41, 5.74) is -0.614. The van der Waals surface area contributed by atoms with Crippen molar-refractivity contribution < 1.29 is 41.8 Å². The number of pyridine rings is 2. The van der Waals surface area contributed by atoms with Crippen molar-refractivity contribution in [1.82, 2.24) is 29.4 Å². The number of ether oxygens (including phenoxy) is 2. The van der Waals surface area contributed by atoms with E-state index in [1.54, 1.807) is 37.6 Å². The summed E-state index contributed by atoms with van der Waals surface area (Å²) in [6, 6.07) is 10.9. The molecular formula is C42H50FN6O8S-. The Morgan fingerprint density at radius 1 is 1.14 bits per heavy atom. The Hall–Kier alpha value is -4.96. The molecule has 1 aromatic carbocycles. The number of methoxy groups -OCH3 is 1. The van der Waals surface area contributed by atoms with Crippen molar-refractivity contribution in [2.75, 3.05) is 26.7 Å². The smallest absolute Gasteiger partial charge is 0.260 e. The number of benzene rings is 1. The fourth-order valence-corrected chi connectivity index (χ4v) is 8.95. The lowest BCUT2D eigenvalue weighted by Gasteiger charge is -2.37. The van der Waals surface area contributed by atoms with Gasteiger partial charge >= 0.3 is 0 Å². The number of piperidine rings is 1. The average molecular weight is 818 g/mol. The van der Waals surface area contributed by atoms with Gasteiger partial charge in [0, 0.05) is 55.1 Å². The van der Waals surface area contributed by atoms with Crippen molar-refractivity contribution in [1.29, 1.82) is 0 Å². The summed E-state index contributed by atoms with van der Waals surface area (Å²) in [6.45, 7) is 9.66. The maximum absolute atomic E-state index is 14.9. The van der Waals surface area contributed by atoms with Crippen LogP contribution in [0.1, 0.15) is 65.7 Å². The molecule has 4 aliphatic rings. The van der Waals surface area contributed by atoms with Crippen molar-refractivity contribution >= 4 is 45.8 Å². The zero-order chi connectivity index (χ0) is 41.5. The summed E-state index contributed by atoms with van der Waals surface area (Å²) in [5, 5.41) is 3.52. The lowest BCUT2D eigenvalue weighted by atomic mass is 9.77. The first-order valence-corrected chi connectivity index (χ1v) is 20.8. The molecule has 0 spiro atoms. The van der Waals surface area contributed by atoms with E-state index in [4.69, 9.17) is 14.5 Å². The molecule has 2 aromatic heterocycles. The van der Waals surface area contributed by atoms with E-state index in [1.165, 1.54) is 15.9 Å². The van der Waals surface area contributed by atoms with Crippen LogP contribution in [0, 0.1) is 17.3 Å². The predicted molar refractivity (Wildman–Crippen MR) is 212 cm³/mol. The zero-order valence-corrected chi connectivity index (χ0v) is 34.0. The van der Waals surface area contributed by atoms with Crippen LogP contribution in [0.25, 0.3) is 22.3 Å². The highest BCUT2D eigenvalue weighted by molar-refractivity contribution is 7.77. The first kappa shape index (κ1) is 41.2. The normalized spacial score (nSPS) is 25.4. The van der Waals surface area contributed by atoms with Gasteiger partial charge in [-0.2, -0.15) is 0 Å². The van der Waals surface area contributed by atoms with E-state index in [0.29, 0.717) is 66.0 Å². The highest BCUT2D eigenvalue weighted by Crippen LogP contribution is 2.48. The minimum Gasteiger partial charge on any atom is -0.755 e. The van der Waals surface area contributed by atoms with E-state index in [-0.39, 0.29) is 38.3 Å². The molecule has 7 rings (SSSR count). The van der Waals surface area contributed by atoms with Gasteiger partial charge in [-0.3, -0.25) is 32.7 Å². The second-order valence-electron chi connectivity index (χ2n) is 16.9. The molecule has 3 unspecified atom stereocenters. The average Bonchev–Trinajstić information content (AvgIpc) is 4.12. The van der Waals surface area contributed by atoms with Gasteiger partial charge in [0.1, 0.15) is 35.4 Å². The topological polar surface area (TPSA) is 174 Å². The first-order valence-electron chi connectivity index (χ1n) is 19.8. The molecule has 1 N–H and O–H groups in total. The van der Waals surface area contributed by atoms with Crippen LogP contribution in [0.15, 0.2) is 61.3 Å². The third-order valence-electron chi connectivity index (χ3n) is 11.8. The number of fused-ring (bicyclic) bond motifs is 1. The number of alkyl halides is 1. The molecule has 3 aromatic rings. The maximum atomic E-state index is 14.9. The Labute approximate surface area is 339 Å². The van der Waals surface area contributed by atoms with Gasteiger partial charge in [0.2, 0.25) is 17.7 Å². The number of carbonyl (C=O) groups excluding carboxylic acids is 4. The number of rotatable bonds is 13. The van der Waals surface area contributed by atoms with E-state index in [9.17, 15) is 32.3 Å². The fourth-order valence-electron chi connectivity index (χ4n) is 8.20. The molecule has 4 fully saturated rings. The molecule has 0 bridgehead atoms. The molecule has 310 valence electrons. The summed E-state index contributed by atoms with van der Waals surface area (Å²) >= 11 is -2.85. The van der Waals surface area contributed by atoms with Gasteiger partial charge in [-0.1, -0.05) is 32.9 Å². The molecule has 58 heavy (non-hydrogen) atoms. The summed E-state index contributed by atoms with van der Waals surface area (Å²) in [5.74, 6) is -2.61. The molecule has 14 nitrogen and oxygen atoms in total. The largest absolute Gasteiger partial charge is 0.755 e.